The second-order valence-electron chi connectivity index (χ2n) is 13.7. The molecule has 2 aromatic rings. The van der Waals surface area contributed by atoms with Gasteiger partial charge in [-0.1, -0.05) is 0 Å². The van der Waals surface area contributed by atoms with Crippen molar-refractivity contribution in [3.8, 4) is 0 Å². The summed E-state index contributed by atoms with van der Waals surface area (Å²) in [5, 5.41) is 0. The van der Waals surface area contributed by atoms with Crippen LogP contribution in [-0.2, 0) is 17.1 Å². The van der Waals surface area contributed by atoms with Crippen molar-refractivity contribution in [2.24, 2.45) is 0 Å². The van der Waals surface area contributed by atoms with E-state index in [-0.39, 0.29) is 4.53 Å². The van der Waals surface area contributed by atoms with E-state index < -0.39 is 17.1 Å². The first-order valence-electron chi connectivity index (χ1n) is 15.2. The maximum absolute atomic E-state index is 3.48. The molecule has 2 aromatic carbocycles. The fourth-order valence-corrected chi connectivity index (χ4v) is 507. The van der Waals surface area contributed by atoms with Crippen molar-refractivity contribution in [3.63, 3.8) is 0 Å². The average Bonchev–Trinajstić information content (AvgIpc) is 3.76. The Kier molecular flexibility index (Phi) is 6.18. The molecule has 3 fully saturated rings. The number of allylic oxidation sites excluding steroid dienone is 2. The molecule has 0 N–H and O–H groups in total. The summed E-state index contributed by atoms with van der Waals surface area (Å²) in [5.74, 6) is 1.73. The van der Waals surface area contributed by atoms with E-state index in [2.05, 4.69) is 71.8 Å². The van der Waals surface area contributed by atoms with Gasteiger partial charge in [-0.25, -0.2) is 0 Å². The summed E-state index contributed by atoms with van der Waals surface area (Å²) in [5.41, 5.74) is 14.4. The Morgan fingerprint density at radius 3 is 1.50 bits per heavy atom. The Bertz CT molecular complexity index is 1300. The van der Waals surface area contributed by atoms with E-state index in [1.165, 1.54) is 38.5 Å². The van der Waals surface area contributed by atoms with Crippen LogP contribution in [0, 0.1) is 0 Å². The summed E-state index contributed by atoms with van der Waals surface area (Å²) in [7, 11) is 1.71. The molecule has 2 atom stereocenters. The van der Waals surface area contributed by atoms with Gasteiger partial charge in [-0.3, -0.25) is 0 Å². The first-order valence-corrected chi connectivity index (χ1v) is 50.0. The van der Waals surface area contributed by atoms with E-state index >= 15 is 0 Å². The topological polar surface area (TPSA) is 0 Å². The van der Waals surface area contributed by atoms with Crippen molar-refractivity contribution in [3.05, 3.63) is 80.9 Å². The fraction of sp³-hybridized carbons (Fsp3) is 0.467. The van der Waals surface area contributed by atoms with Gasteiger partial charge in [0.05, 0.1) is 0 Å². The summed E-state index contributed by atoms with van der Waals surface area (Å²) < 4.78 is 8.06. The van der Waals surface area contributed by atoms with E-state index in [1.807, 2.05) is 22.3 Å². The van der Waals surface area contributed by atoms with Gasteiger partial charge in [-0.2, -0.15) is 0 Å². The summed E-state index contributed by atoms with van der Waals surface area (Å²) >= 11 is -3.48. The maximum atomic E-state index is 3.14. The molecule has 4 aliphatic carbocycles. The third-order valence-electron chi connectivity index (χ3n) is 11.3. The number of rotatable bonds is 6. The number of hydrogen-bond donors (Lipinski definition) is 0. The second kappa shape index (κ2) is 8.95. The quantitative estimate of drug-likeness (QED) is 0.367. The zero-order valence-corrected chi connectivity index (χ0v) is 33.2. The molecule has 0 bridgehead atoms. The van der Waals surface area contributed by atoms with Gasteiger partial charge >= 0.3 is 230 Å². The molecule has 0 nitrogen and oxygen atoms in total. The molecule has 1 saturated heterocycles. The van der Waals surface area contributed by atoms with Crippen LogP contribution in [0.15, 0.2) is 47.5 Å². The Balaban J connectivity index is 1.52. The first-order chi connectivity index (χ1) is 17.4. The van der Waals surface area contributed by atoms with Crippen LogP contribution >= 0.6 is 0 Å². The van der Waals surface area contributed by atoms with Crippen molar-refractivity contribution < 1.29 is 17.1 Å². The molecular weight excluding hydrogens is 679 g/mol. The monoisotopic (exact) mass is 724 g/mol. The molecule has 2 saturated carbocycles. The van der Waals surface area contributed by atoms with Crippen molar-refractivity contribution in [2.75, 3.05) is 0 Å². The minimum absolute atomic E-state index is 0.0235. The standard InChI is InChI=1S/2C14H15.2CH3.Hf.H8Si5/c2*1-2-10-8-12-4-3-5-13(11-6-7-11)14(12)9-10;;;;1-2-4-5-3-1/h2*3-5,8-9,11H,2,6-7H2,1H3;2*1H3;;1-4H2. The van der Waals surface area contributed by atoms with Crippen LogP contribution in [0.25, 0.3) is 12.2 Å². The van der Waals surface area contributed by atoms with E-state index in [9.17, 15) is 0 Å². The summed E-state index contributed by atoms with van der Waals surface area (Å²) in [6.45, 7) is 5.01. The van der Waals surface area contributed by atoms with Crippen LogP contribution in [0.3, 0.4) is 0 Å². The van der Waals surface area contributed by atoms with Crippen LogP contribution in [0.4, 0.5) is 0 Å². The molecule has 188 valence electrons. The Hall–Kier alpha value is -0.125. The summed E-state index contributed by atoms with van der Waals surface area (Å²) in [6.07, 6.45) is 13.9. The average molecular weight is 724 g/mol. The predicted molar refractivity (Wildman–Crippen MR) is 171 cm³/mol. The minimum atomic E-state index is -3.48. The molecule has 1 heterocycles. The van der Waals surface area contributed by atoms with Gasteiger partial charge in [0.2, 0.25) is 0 Å². The molecule has 7 rings (SSSR count). The molecular formula is C30H44HfSi5. The van der Waals surface area contributed by atoms with Crippen LogP contribution in [0.5, 0.6) is 0 Å². The zero-order valence-electron chi connectivity index (χ0n) is 23.0. The SMILES string of the molecule is CCC1=Cc2c(C3CC3)cccc2[CH]1[Hf]([CH3])([CH3])([CH]1C(CC)=Cc2c(C3CC3)cccc21)=[Si]1[SiH2][SiH2][SiH2][SiH2]1. The van der Waals surface area contributed by atoms with Gasteiger partial charge < -0.3 is 0 Å². The van der Waals surface area contributed by atoms with Gasteiger partial charge in [0, 0.05) is 0 Å². The van der Waals surface area contributed by atoms with Crippen molar-refractivity contribution >= 4 is 50.9 Å². The third-order valence-corrected chi connectivity index (χ3v) is 246. The molecule has 0 amide bonds. The molecule has 0 aromatic heterocycles. The van der Waals surface area contributed by atoms with Crippen molar-refractivity contribution in [2.45, 2.75) is 80.9 Å². The van der Waals surface area contributed by atoms with Gasteiger partial charge in [-0.05, 0) is 0 Å². The number of hydrogen-bond acceptors (Lipinski definition) is 0. The zero-order chi connectivity index (χ0) is 24.7. The Morgan fingerprint density at radius 2 is 1.11 bits per heavy atom. The Labute approximate surface area is 228 Å². The van der Waals surface area contributed by atoms with Crippen LogP contribution in [0.1, 0.15) is 105 Å². The molecule has 6 heteroatoms. The van der Waals surface area contributed by atoms with Crippen LogP contribution < -0.4 is 0 Å². The normalized spacial score (nSPS) is 28.3. The number of fused-ring (bicyclic) bond motifs is 2. The van der Waals surface area contributed by atoms with E-state index in [1.54, 1.807) is 22.3 Å². The molecule has 0 spiro atoms. The predicted octanol–water partition coefficient (Wildman–Crippen LogP) is 5.04. The Morgan fingerprint density at radius 1 is 0.694 bits per heavy atom. The van der Waals surface area contributed by atoms with Crippen molar-refractivity contribution in [1.82, 2.24) is 0 Å². The fourth-order valence-electron chi connectivity index (χ4n) is 9.35. The molecule has 0 radical (unpaired) electrons. The van der Waals surface area contributed by atoms with Gasteiger partial charge in [0.1, 0.15) is 0 Å². The molecule has 2 unspecified atom stereocenters. The first kappa shape index (κ1) is 24.9. The second-order valence-corrected chi connectivity index (χ2v) is 113. The van der Waals surface area contributed by atoms with Gasteiger partial charge in [-0.15, -0.1) is 0 Å². The third kappa shape index (κ3) is 3.60. The van der Waals surface area contributed by atoms with Crippen LogP contribution in [-0.4, -0.2) is 38.7 Å². The number of benzene rings is 2. The molecule has 36 heavy (non-hydrogen) atoms. The summed E-state index contributed by atoms with van der Waals surface area (Å²) in [6, 6.07) is 15.3. The van der Waals surface area contributed by atoms with E-state index in [4.69, 9.17) is 0 Å². The molecule has 5 aliphatic rings. The van der Waals surface area contributed by atoms with E-state index in [0.717, 1.165) is 19.2 Å². The van der Waals surface area contributed by atoms with Gasteiger partial charge in [0.15, 0.2) is 0 Å². The molecule has 1 aliphatic heterocycles. The summed E-state index contributed by atoms with van der Waals surface area (Å²) in [4.78, 5) is 0. The van der Waals surface area contributed by atoms with E-state index in [0.29, 0.717) is 34.2 Å². The van der Waals surface area contributed by atoms with Gasteiger partial charge in [0.25, 0.3) is 0 Å². The van der Waals surface area contributed by atoms with Crippen molar-refractivity contribution in [1.29, 1.82) is 0 Å². The van der Waals surface area contributed by atoms with Crippen LogP contribution in [0.2, 0.25) is 9.36 Å².